The van der Waals surface area contributed by atoms with Crippen molar-refractivity contribution >= 4 is 33.4 Å². The Morgan fingerprint density at radius 1 is 1.35 bits per heavy atom. The summed E-state index contributed by atoms with van der Waals surface area (Å²) in [5.41, 5.74) is 0.613. The lowest BCUT2D eigenvalue weighted by atomic mass is 10.0. The molecule has 2 aliphatic heterocycles. The molecule has 0 saturated carbocycles. The zero-order valence-electron chi connectivity index (χ0n) is 11.3. The lowest BCUT2D eigenvalue weighted by molar-refractivity contribution is 0.0600. The Bertz CT molecular complexity index is 523. The number of fused-ring (bicyclic) bond motifs is 2. The number of carbonyl (C=O) groups excluding carboxylic acids is 1. The van der Waals surface area contributed by atoms with Gasteiger partial charge in [-0.3, -0.25) is 4.79 Å². The predicted octanol–water partition coefficient (Wildman–Crippen LogP) is 3.88. The van der Waals surface area contributed by atoms with Gasteiger partial charge in [0.1, 0.15) is 5.75 Å². The molecule has 2 bridgehead atoms. The number of piperidine rings is 1. The van der Waals surface area contributed by atoms with Crippen LogP contribution in [0.15, 0.2) is 18.2 Å². The van der Waals surface area contributed by atoms with Gasteiger partial charge in [0.15, 0.2) is 0 Å². The molecule has 0 aliphatic carbocycles. The number of carbonyl (C=O) groups is 1. The van der Waals surface area contributed by atoms with E-state index in [4.69, 9.17) is 16.3 Å². The molecule has 2 fully saturated rings. The smallest absolute Gasteiger partial charge is 0.258 e. The fraction of sp³-hybridized carbons (Fsp3) is 0.533. The Kier molecular flexibility index (Phi) is 3.95. The van der Waals surface area contributed by atoms with Crippen molar-refractivity contribution < 1.29 is 9.53 Å². The topological polar surface area (TPSA) is 29.5 Å². The number of benzene rings is 1. The van der Waals surface area contributed by atoms with Gasteiger partial charge in [-0.15, -0.1) is 0 Å². The summed E-state index contributed by atoms with van der Waals surface area (Å²) in [6, 6.07) is 5.92. The summed E-state index contributed by atoms with van der Waals surface area (Å²) in [7, 11) is 1.57. The van der Waals surface area contributed by atoms with E-state index in [1.807, 2.05) is 0 Å². The second-order valence-corrected chi connectivity index (χ2v) is 7.24. The Balaban J connectivity index is 1.90. The highest BCUT2D eigenvalue weighted by molar-refractivity contribution is 9.09. The molecule has 0 aromatic heterocycles. The van der Waals surface area contributed by atoms with Gasteiger partial charge in [-0.1, -0.05) is 27.5 Å². The van der Waals surface area contributed by atoms with Crippen LogP contribution in [0.3, 0.4) is 0 Å². The van der Waals surface area contributed by atoms with Gasteiger partial charge < -0.3 is 9.64 Å². The van der Waals surface area contributed by atoms with Crippen molar-refractivity contribution in [3.05, 3.63) is 28.8 Å². The number of rotatable bonds is 2. The minimum absolute atomic E-state index is 0.0745. The molecular weight excluding hydrogens is 342 g/mol. The van der Waals surface area contributed by atoms with Gasteiger partial charge in [-0.25, -0.2) is 0 Å². The van der Waals surface area contributed by atoms with Crippen LogP contribution in [0.4, 0.5) is 0 Å². The number of halogens is 2. The highest BCUT2D eigenvalue weighted by Crippen LogP contribution is 2.40. The molecule has 1 aromatic carbocycles. The number of hydrogen-bond acceptors (Lipinski definition) is 2. The van der Waals surface area contributed by atoms with E-state index in [9.17, 15) is 4.79 Å². The van der Waals surface area contributed by atoms with Gasteiger partial charge in [-0.05, 0) is 43.9 Å². The molecular formula is C15H17BrClNO2. The zero-order chi connectivity index (χ0) is 14.3. The van der Waals surface area contributed by atoms with Gasteiger partial charge in [0.05, 0.1) is 12.7 Å². The summed E-state index contributed by atoms with van der Waals surface area (Å²) in [4.78, 5) is 15.4. The van der Waals surface area contributed by atoms with Crippen LogP contribution in [0, 0.1) is 0 Å². The minimum Gasteiger partial charge on any atom is -0.496 e. The Labute approximate surface area is 132 Å². The summed E-state index contributed by atoms with van der Waals surface area (Å²) < 4.78 is 5.31. The van der Waals surface area contributed by atoms with Gasteiger partial charge in [-0.2, -0.15) is 0 Å². The van der Waals surface area contributed by atoms with Crippen LogP contribution in [0.1, 0.15) is 36.0 Å². The second-order valence-electron chi connectivity index (χ2n) is 5.51. The van der Waals surface area contributed by atoms with Crippen LogP contribution in [0.5, 0.6) is 5.75 Å². The first-order valence-electron chi connectivity index (χ1n) is 6.90. The third-order valence-corrected chi connectivity index (χ3v) is 5.29. The molecule has 108 valence electrons. The van der Waals surface area contributed by atoms with Crippen LogP contribution < -0.4 is 4.74 Å². The fourth-order valence-corrected chi connectivity index (χ4v) is 4.45. The standard InChI is InChI=1S/C15H17BrClNO2/c1-20-14-8-10(17)2-5-13(14)15(19)18-11-3-4-12(18)7-9(16)6-11/h2,5,8-9,11-12H,3-4,6-7H2,1H3. The zero-order valence-corrected chi connectivity index (χ0v) is 13.7. The third kappa shape index (κ3) is 2.44. The number of hydrogen-bond donors (Lipinski definition) is 0. The molecule has 2 heterocycles. The number of ether oxygens (including phenoxy) is 1. The van der Waals surface area contributed by atoms with Crippen molar-refractivity contribution in [3.8, 4) is 5.75 Å². The van der Waals surface area contributed by atoms with E-state index in [1.54, 1.807) is 25.3 Å². The van der Waals surface area contributed by atoms with E-state index >= 15 is 0 Å². The average molecular weight is 359 g/mol. The largest absolute Gasteiger partial charge is 0.496 e. The molecule has 20 heavy (non-hydrogen) atoms. The molecule has 3 nitrogen and oxygen atoms in total. The first-order valence-corrected chi connectivity index (χ1v) is 8.19. The summed E-state index contributed by atoms with van der Waals surface area (Å²) >= 11 is 9.66. The molecule has 0 radical (unpaired) electrons. The maximum atomic E-state index is 12.8. The van der Waals surface area contributed by atoms with Gasteiger partial charge in [0.2, 0.25) is 0 Å². The lowest BCUT2D eigenvalue weighted by Crippen LogP contribution is -2.46. The fourth-order valence-electron chi connectivity index (χ4n) is 3.42. The highest BCUT2D eigenvalue weighted by Gasteiger charge is 2.43. The van der Waals surface area contributed by atoms with Gasteiger partial charge >= 0.3 is 0 Å². The van der Waals surface area contributed by atoms with Crippen LogP contribution in [-0.2, 0) is 0 Å². The summed E-state index contributed by atoms with van der Waals surface area (Å²) in [5, 5.41) is 0.584. The summed E-state index contributed by atoms with van der Waals surface area (Å²) in [5.74, 6) is 0.633. The third-order valence-electron chi connectivity index (χ3n) is 4.30. The predicted molar refractivity (Wildman–Crippen MR) is 82.9 cm³/mol. The van der Waals surface area contributed by atoms with Crippen molar-refractivity contribution in [2.75, 3.05) is 7.11 Å². The van der Waals surface area contributed by atoms with Crippen LogP contribution in [-0.4, -0.2) is 34.8 Å². The lowest BCUT2D eigenvalue weighted by Gasteiger charge is -2.37. The molecule has 1 amide bonds. The molecule has 5 heteroatoms. The number of nitrogens with zero attached hydrogens (tertiary/aromatic N) is 1. The van der Waals surface area contributed by atoms with Crippen LogP contribution >= 0.6 is 27.5 Å². The molecule has 2 saturated heterocycles. The maximum Gasteiger partial charge on any atom is 0.258 e. The molecule has 3 rings (SSSR count). The molecule has 2 atom stereocenters. The van der Waals surface area contributed by atoms with Crippen LogP contribution in [0.25, 0.3) is 0 Å². The SMILES string of the molecule is COc1cc(Cl)ccc1C(=O)N1C2CCC1CC(Br)C2. The first kappa shape index (κ1) is 14.2. The van der Waals surface area contributed by atoms with Crippen molar-refractivity contribution in [2.45, 2.75) is 42.6 Å². The molecule has 0 N–H and O–H groups in total. The van der Waals surface area contributed by atoms with Crippen molar-refractivity contribution in [3.63, 3.8) is 0 Å². The molecule has 1 aromatic rings. The number of methoxy groups -OCH3 is 1. The average Bonchev–Trinajstić information content (AvgIpc) is 2.70. The highest BCUT2D eigenvalue weighted by atomic mass is 79.9. The molecule has 2 aliphatic rings. The Hall–Kier alpha value is -0.740. The summed E-state index contributed by atoms with van der Waals surface area (Å²) in [6.45, 7) is 0. The minimum atomic E-state index is 0.0745. The van der Waals surface area contributed by atoms with Crippen molar-refractivity contribution in [1.29, 1.82) is 0 Å². The monoisotopic (exact) mass is 357 g/mol. The summed E-state index contributed by atoms with van der Waals surface area (Å²) in [6.07, 6.45) is 4.29. The van der Waals surface area contributed by atoms with Crippen LogP contribution in [0.2, 0.25) is 5.02 Å². The van der Waals surface area contributed by atoms with Gasteiger partial charge in [0, 0.05) is 21.9 Å². The molecule has 0 spiro atoms. The van der Waals surface area contributed by atoms with E-state index < -0.39 is 0 Å². The molecule has 2 unspecified atom stereocenters. The van der Waals surface area contributed by atoms with E-state index in [0.29, 0.717) is 33.2 Å². The maximum absolute atomic E-state index is 12.8. The Morgan fingerprint density at radius 2 is 2.00 bits per heavy atom. The normalized spacial score (nSPS) is 28.6. The Morgan fingerprint density at radius 3 is 2.60 bits per heavy atom. The second kappa shape index (κ2) is 5.57. The first-order chi connectivity index (χ1) is 9.60. The van der Waals surface area contributed by atoms with Crippen molar-refractivity contribution in [1.82, 2.24) is 4.90 Å². The van der Waals surface area contributed by atoms with Gasteiger partial charge in [0.25, 0.3) is 5.91 Å². The number of alkyl halides is 1. The van der Waals surface area contributed by atoms with E-state index in [1.165, 1.54) is 0 Å². The number of amides is 1. The van der Waals surface area contributed by atoms with E-state index in [-0.39, 0.29) is 5.91 Å². The van der Waals surface area contributed by atoms with Crippen molar-refractivity contribution in [2.24, 2.45) is 0 Å². The van der Waals surface area contributed by atoms with E-state index in [2.05, 4.69) is 20.8 Å². The van der Waals surface area contributed by atoms with E-state index in [0.717, 1.165) is 25.7 Å². The quantitative estimate of drug-likeness (QED) is 0.751.